The maximum absolute atomic E-state index is 13.7. The van der Waals surface area contributed by atoms with Crippen molar-refractivity contribution in [1.29, 1.82) is 0 Å². The molecule has 0 aromatic heterocycles. The second kappa shape index (κ2) is 6.76. The van der Waals surface area contributed by atoms with Gasteiger partial charge in [0, 0.05) is 24.4 Å². The first-order valence-corrected chi connectivity index (χ1v) is 7.24. The molecule has 0 spiro atoms. The van der Waals surface area contributed by atoms with Crippen LogP contribution in [0.15, 0.2) is 30.5 Å². The average molecular weight is 366 g/mol. The zero-order valence-corrected chi connectivity index (χ0v) is 13.2. The largest absolute Gasteiger partial charge is 0.376 e. The van der Waals surface area contributed by atoms with Gasteiger partial charge in [-0.15, -0.1) is 0 Å². The Morgan fingerprint density at radius 1 is 1.22 bits per heavy atom. The minimum absolute atomic E-state index is 0.0450. The van der Waals surface area contributed by atoms with Crippen molar-refractivity contribution in [3.63, 3.8) is 0 Å². The van der Waals surface area contributed by atoms with Crippen LogP contribution >= 0.6 is 23.8 Å². The lowest BCUT2D eigenvalue weighted by Crippen LogP contribution is -2.56. The number of alkyl halides is 1. The zero-order valence-electron chi connectivity index (χ0n) is 11.6. The molecule has 1 atom stereocenters. The van der Waals surface area contributed by atoms with Crippen LogP contribution in [0.25, 0.3) is 0 Å². The molecule has 0 aliphatic carbocycles. The molecule has 1 aliphatic heterocycles. The van der Waals surface area contributed by atoms with Crippen LogP contribution in [0.5, 0.6) is 0 Å². The summed E-state index contributed by atoms with van der Waals surface area (Å²) in [6.45, 7) is -0.0450. The zero-order chi connectivity index (χ0) is 17.2. The van der Waals surface area contributed by atoms with Gasteiger partial charge in [0.2, 0.25) is 5.12 Å². The predicted molar refractivity (Wildman–Crippen MR) is 83.5 cm³/mol. The lowest BCUT2D eigenvalue weighted by molar-refractivity contribution is 0.261. The molecule has 3 N–H and O–H groups in total. The molecule has 1 aromatic rings. The van der Waals surface area contributed by atoms with E-state index in [1.165, 1.54) is 17.2 Å². The Morgan fingerprint density at radius 3 is 2.39 bits per heavy atom. The topological polar surface area (TPSA) is 41.3 Å². The number of rotatable bonds is 4. The van der Waals surface area contributed by atoms with Crippen molar-refractivity contribution in [1.82, 2.24) is 10.2 Å². The van der Waals surface area contributed by atoms with E-state index < -0.39 is 34.0 Å². The molecule has 0 fully saturated rings. The summed E-state index contributed by atoms with van der Waals surface area (Å²) in [6.07, 6.45) is 5.98. The van der Waals surface area contributed by atoms with Crippen LogP contribution in [0.4, 0.5) is 17.6 Å². The summed E-state index contributed by atoms with van der Waals surface area (Å²) in [4.78, 5) is 1.44. The Morgan fingerprint density at radius 2 is 1.83 bits per heavy atom. The smallest absolute Gasteiger partial charge is 0.210 e. The third-order valence-electron chi connectivity index (χ3n) is 3.22. The summed E-state index contributed by atoms with van der Waals surface area (Å²) in [5.41, 5.74) is 4.70. The number of benzene rings is 1. The first-order valence-electron chi connectivity index (χ1n) is 6.46. The van der Waals surface area contributed by atoms with Gasteiger partial charge in [0.25, 0.3) is 0 Å². The lowest BCUT2D eigenvalue weighted by Gasteiger charge is -2.38. The molecule has 0 bridgehead atoms. The molecule has 0 saturated carbocycles. The van der Waals surface area contributed by atoms with E-state index in [1.54, 1.807) is 12.2 Å². The molecule has 0 amide bonds. The minimum atomic E-state index is -1.45. The monoisotopic (exact) mass is 365 g/mol. The van der Waals surface area contributed by atoms with E-state index in [0.717, 1.165) is 0 Å². The second-order valence-corrected chi connectivity index (χ2v) is 5.77. The van der Waals surface area contributed by atoms with Crippen molar-refractivity contribution >= 4 is 28.9 Å². The Hall–Kier alpha value is -1.80. The van der Waals surface area contributed by atoms with E-state index in [2.05, 4.69) is 5.32 Å². The summed E-state index contributed by atoms with van der Waals surface area (Å²) in [5, 5.41) is 1.21. The molecule has 0 saturated heterocycles. The molecule has 2 rings (SSSR count). The number of nitrogens with zero attached hydrogens (tertiary/aromatic N) is 1. The summed E-state index contributed by atoms with van der Waals surface area (Å²) >= 11 is 11.1. The van der Waals surface area contributed by atoms with Crippen molar-refractivity contribution in [3.05, 3.63) is 59.3 Å². The standard InChI is InChI=1S/C14H12ClF4N3S/c15-14(21-13(20)23)4-1-2-5-22(14)6-3-8-11(18)9(16)7-10(17)12(8)19/h1-2,4-5,7H,3,6H2,(H3,20,21,23). The Kier molecular flexibility index (Phi) is 5.16. The van der Waals surface area contributed by atoms with Crippen LogP contribution in [0.1, 0.15) is 5.56 Å². The van der Waals surface area contributed by atoms with Gasteiger partial charge in [0.05, 0.1) is 0 Å². The normalized spacial score (nSPS) is 20.0. The summed E-state index contributed by atoms with van der Waals surface area (Å²) in [7, 11) is 0. The fraction of sp³-hybridized carbons (Fsp3) is 0.214. The number of hydrogen-bond acceptors (Lipinski definition) is 2. The van der Waals surface area contributed by atoms with Crippen LogP contribution in [-0.4, -0.2) is 21.7 Å². The van der Waals surface area contributed by atoms with Gasteiger partial charge in [-0.25, -0.2) is 17.6 Å². The fourth-order valence-electron chi connectivity index (χ4n) is 2.14. The predicted octanol–water partition coefficient (Wildman–Crippen LogP) is 2.90. The lowest BCUT2D eigenvalue weighted by atomic mass is 10.1. The molecule has 1 unspecified atom stereocenters. The molecule has 9 heteroatoms. The van der Waals surface area contributed by atoms with Gasteiger partial charge >= 0.3 is 0 Å². The maximum atomic E-state index is 13.7. The van der Waals surface area contributed by atoms with E-state index >= 15 is 0 Å². The second-order valence-electron chi connectivity index (χ2n) is 4.75. The Balaban J connectivity index is 2.22. The fourth-order valence-corrected chi connectivity index (χ4v) is 2.67. The molecule has 0 radical (unpaired) electrons. The Bertz CT molecular complexity index is 669. The highest BCUT2D eigenvalue weighted by Crippen LogP contribution is 2.25. The van der Waals surface area contributed by atoms with Gasteiger partial charge in [-0.1, -0.05) is 17.7 Å². The van der Waals surface area contributed by atoms with Gasteiger partial charge in [0.15, 0.2) is 28.4 Å². The van der Waals surface area contributed by atoms with E-state index in [0.29, 0.717) is 0 Å². The number of allylic oxidation sites excluding steroid dienone is 2. The highest BCUT2D eigenvalue weighted by molar-refractivity contribution is 7.80. The van der Waals surface area contributed by atoms with Crippen molar-refractivity contribution in [2.75, 3.05) is 6.54 Å². The summed E-state index contributed by atoms with van der Waals surface area (Å²) in [6, 6.07) is 0.165. The molecule has 1 heterocycles. The molecule has 1 aromatic carbocycles. The maximum Gasteiger partial charge on any atom is 0.210 e. The number of nitrogens with one attached hydrogen (secondary N) is 1. The van der Waals surface area contributed by atoms with Gasteiger partial charge in [-0.2, -0.15) is 0 Å². The molecular formula is C14H12ClF4N3S. The van der Waals surface area contributed by atoms with Crippen LogP contribution in [0, 0.1) is 23.3 Å². The number of halogens is 5. The van der Waals surface area contributed by atoms with Gasteiger partial charge in [-0.3, -0.25) is 0 Å². The minimum Gasteiger partial charge on any atom is -0.376 e. The van der Waals surface area contributed by atoms with Crippen LogP contribution in [0.3, 0.4) is 0 Å². The molecular weight excluding hydrogens is 354 g/mol. The van der Waals surface area contributed by atoms with E-state index in [4.69, 9.17) is 29.6 Å². The summed E-state index contributed by atoms with van der Waals surface area (Å²) in [5.74, 6) is -5.76. The number of nitrogens with two attached hydrogens (primary N) is 1. The van der Waals surface area contributed by atoms with Crippen LogP contribution < -0.4 is 11.1 Å². The van der Waals surface area contributed by atoms with E-state index in [1.807, 2.05) is 0 Å². The number of thiocarbonyl (C=S) groups is 1. The van der Waals surface area contributed by atoms with Crippen LogP contribution in [0.2, 0.25) is 0 Å². The first kappa shape index (κ1) is 17.6. The van der Waals surface area contributed by atoms with Crippen molar-refractivity contribution in [2.45, 2.75) is 11.5 Å². The van der Waals surface area contributed by atoms with Crippen LogP contribution in [-0.2, 0) is 6.42 Å². The highest BCUT2D eigenvalue weighted by Gasteiger charge is 2.32. The third kappa shape index (κ3) is 3.76. The van der Waals surface area contributed by atoms with Crippen molar-refractivity contribution in [3.8, 4) is 0 Å². The van der Waals surface area contributed by atoms with E-state index in [9.17, 15) is 17.6 Å². The Labute approximate surface area is 140 Å². The SMILES string of the molecule is NC(=S)NC1(Cl)C=CC=CN1CCc1c(F)c(F)cc(F)c1F. The quantitative estimate of drug-likeness (QED) is 0.283. The van der Waals surface area contributed by atoms with Gasteiger partial charge < -0.3 is 16.0 Å². The number of hydrogen-bond donors (Lipinski definition) is 2. The van der Waals surface area contributed by atoms with Gasteiger partial charge in [0.1, 0.15) is 0 Å². The molecule has 124 valence electrons. The highest BCUT2D eigenvalue weighted by atomic mass is 35.5. The van der Waals surface area contributed by atoms with Crippen molar-refractivity contribution < 1.29 is 17.6 Å². The van der Waals surface area contributed by atoms with E-state index in [-0.39, 0.29) is 24.1 Å². The molecule has 3 nitrogen and oxygen atoms in total. The molecule has 1 aliphatic rings. The average Bonchev–Trinajstić information content (AvgIpc) is 2.46. The summed E-state index contributed by atoms with van der Waals surface area (Å²) < 4.78 is 53.8. The first-order chi connectivity index (χ1) is 10.7. The molecule has 23 heavy (non-hydrogen) atoms. The van der Waals surface area contributed by atoms with Crippen molar-refractivity contribution in [2.24, 2.45) is 5.73 Å². The third-order valence-corrected chi connectivity index (χ3v) is 3.76. The van der Waals surface area contributed by atoms with Gasteiger partial charge in [-0.05, 0) is 30.8 Å².